The summed E-state index contributed by atoms with van der Waals surface area (Å²) < 4.78 is 0. The largest absolute Gasteiger partial charge is 0.368 e. The number of nitrogens with two attached hydrogens (primary N) is 1. The summed E-state index contributed by atoms with van der Waals surface area (Å²) >= 11 is 1.50. The van der Waals surface area contributed by atoms with Crippen LogP contribution >= 0.6 is 11.3 Å². The summed E-state index contributed by atoms with van der Waals surface area (Å²) in [5.74, 6) is -0.0451. The van der Waals surface area contributed by atoms with Gasteiger partial charge in [-0.15, -0.1) is 11.3 Å². The molecule has 2 aromatic rings. The van der Waals surface area contributed by atoms with Crippen molar-refractivity contribution in [2.45, 2.75) is 26.3 Å². The van der Waals surface area contributed by atoms with E-state index in [1.165, 1.54) is 11.3 Å². The standard InChI is InChI=1S/C13H15N5O2S/c1-6-4-7-9(16-12(14)17-10(7)21-6)18-5-8(19)15-11(20)13(18,2)3/h4H,5H2,1-3H3,(H2,14,16,17)(H,15,19,20). The number of hydrogen-bond acceptors (Lipinski definition) is 7. The fraction of sp³-hybridized carbons (Fsp3) is 0.385. The number of carbonyl (C=O) groups excluding carboxylic acids is 2. The molecule has 7 nitrogen and oxygen atoms in total. The summed E-state index contributed by atoms with van der Waals surface area (Å²) in [6, 6.07) is 1.95. The van der Waals surface area contributed by atoms with Crippen LogP contribution in [0.25, 0.3) is 10.2 Å². The van der Waals surface area contributed by atoms with Crippen molar-refractivity contribution >= 4 is 45.1 Å². The fourth-order valence-electron chi connectivity index (χ4n) is 2.37. The number of fused-ring (bicyclic) bond motifs is 1. The second-order valence-electron chi connectivity index (χ2n) is 5.50. The molecule has 3 N–H and O–H groups in total. The number of nitrogen functional groups attached to an aromatic ring is 1. The lowest BCUT2D eigenvalue weighted by Gasteiger charge is -2.41. The van der Waals surface area contributed by atoms with Crippen molar-refractivity contribution in [3.63, 3.8) is 0 Å². The molecule has 21 heavy (non-hydrogen) atoms. The van der Waals surface area contributed by atoms with Gasteiger partial charge in [0.25, 0.3) is 5.91 Å². The lowest BCUT2D eigenvalue weighted by molar-refractivity contribution is -0.135. The number of anilines is 2. The highest BCUT2D eigenvalue weighted by molar-refractivity contribution is 7.18. The van der Waals surface area contributed by atoms with E-state index >= 15 is 0 Å². The zero-order chi connectivity index (χ0) is 15.4. The third-order valence-corrected chi connectivity index (χ3v) is 4.50. The van der Waals surface area contributed by atoms with Crippen LogP contribution in [0.1, 0.15) is 18.7 Å². The lowest BCUT2D eigenvalue weighted by Crippen LogP contribution is -2.64. The summed E-state index contributed by atoms with van der Waals surface area (Å²) in [6.07, 6.45) is 0. The van der Waals surface area contributed by atoms with E-state index in [1.54, 1.807) is 18.7 Å². The van der Waals surface area contributed by atoms with E-state index in [1.807, 2.05) is 13.0 Å². The van der Waals surface area contributed by atoms with E-state index in [0.717, 1.165) is 15.1 Å². The molecule has 0 saturated carbocycles. The number of hydrogen-bond donors (Lipinski definition) is 2. The van der Waals surface area contributed by atoms with Crippen molar-refractivity contribution in [1.29, 1.82) is 0 Å². The Morgan fingerprint density at radius 2 is 2.10 bits per heavy atom. The van der Waals surface area contributed by atoms with E-state index in [9.17, 15) is 9.59 Å². The van der Waals surface area contributed by atoms with Crippen LogP contribution in [-0.2, 0) is 9.59 Å². The number of nitrogens with zero attached hydrogens (tertiary/aromatic N) is 3. The number of piperazine rings is 1. The maximum Gasteiger partial charge on any atom is 0.251 e. The number of amides is 2. The van der Waals surface area contributed by atoms with Crippen molar-refractivity contribution in [3.05, 3.63) is 10.9 Å². The predicted molar refractivity (Wildman–Crippen MR) is 81.1 cm³/mol. The Kier molecular flexibility index (Phi) is 2.87. The first-order chi connectivity index (χ1) is 9.79. The van der Waals surface area contributed by atoms with Gasteiger partial charge in [-0.2, -0.15) is 4.98 Å². The highest BCUT2D eigenvalue weighted by Crippen LogP contribution is 2.35. The van der Waals surface area contributed by atoms with Gasteiger partial charge in [0, 0.05) is 4.88 Å². The first-order valence-electron chi connectivity index (χ1n) is 6.44. The molecule has 3 heterocycles. The number of aromatic nitrogens is 2. The van der Waals surface area contributed by atoms with Crippen LogP contribution in [0.3, 0.4) is 0 Å². The highest BCUT2D eigenvalue weighted by Gasteiger charge is 2.42. The topological polar surface area (TPSA) is 101 Å². The first kappa shape index (κ1) is 13.7. The van der Waals surface area contributed by atoms with Crippen molar-refractivity contribution in [2.24, 2.45) is 0 Å². The van der Waals surface area contributed by atoms with Crippen LogP contribution in [-0.4, -0.2) is 33.9 Å². The molecule has 0 unspecified atom stereocenters. The van der Waals surface area contributed by atoms with Crippen molar-refractivity contribution in [3.8, 4) is 0 Å². The zero-order valence-corrected chi connectivity index (χ0v) is 12.7. The number of imide groups is 1. The SMILES string of the molecule is Cc1cc2c(N3CC(=O)NC(=O)C3(C)C)nc(N)nc2s1. The maximum atomic E-state index is 12.1. The molecule has 3 rings (SSSR count). The minimum absolute atomic E-state index is 0.0547. The minimum Gasteiger partial charge on any atom is -0.368 e. The molecule has 1 aliphatic rings. The van der Waals surface area contributed by atoms with Crippen LogP contribution in [0.15, 0.2) is 6.07 Å². The van der Waals surface area contributed by atoms with Crippen LogP contribution in [0.2, 0.25) is 0 Å². The molecule has 0 radical (unpaired) electrons. The van der Waals surface area contributed by atoms with Crippen LogP contribution in [0, 0.1) is 6.92 Å². The summed E-state index contributed by atoms with van der Waals surface area (Å²) in [7, 11) is 0. The Hall–Kier alpha value is -2.22. The van der Waals surface area contributed by atoms with E-state index in [2.05, 4.69) is 15.3 Å². The second kappa shape index (κ2) is 4.39. The summed E-state index contributed by atoms with van der Waals surface area (Å²) in [4.78, 5) is 35.8. The van der Waals surface area contributed by atoms with Crippen LogP contribution in [0.5, 0.6) is 0 Å². The molecule has 2 aromatic heterocycles. The summed E-state index contributed by atoms with van der Waals surface area (Å²) in [5.41, 5.74) is 4.88. The fourth-order valence-corrected chi connectivity index (χ4v) is 3.25. The first-order valence-corrected chi connectivity index (χ1v) is 7.26. The summed E-state index contributed by atoms with van der Waals surface area (Å²) in [5, 5.41) is 3.15. The third-order valence-electron chi connectivity index (χ3n) is 3.55. The normalized spacial score (nSPS) is 18.1. The van der Waals surface area contributed by atoms with Gasteiger partial charge in [-0.05, 0) is 26.8 Å². The van der Waals surface area contributed by atoms with Crippen molar-refractivity contribution in [2.75, 3.05) is 17.2 Å². The van der Waals surface area contributed by atoms with E-state index in [-0.39, 0.29) is 24.3 Å². The molecule has 110 valence electrons. The molecular weight excluding hydrogens is 290 g/mol. The average Bonchev–Trinajstić information content (AvgIpc) is 2.73. The number of carbonyl (C=O) groups is 2. The zero-order valence-electron chi connectivity index (χ0n) is 11.9. The van der Waals surface area contributed by atoms with Gasteiger partial charge in [-0.25, -0.2) is 4.98 Å². The lowest BCUT2D eigenvalue weighted by atomic mass is 9.98. The van der Waals surface area contributed by atoms with Gasteiger partial charge in [-0.1, -0.05) is 0 Å². The number of rotatable bonds is 1. The Bertz CT molecular complexity index is 767. The quantitative estimate of drug-likeness (QED) is 0.757. The molecule has 1 aliphatic heterocycles. The number of nitrogens with one attached hydrogen (secondary N) is 1. The van der Waals surface area contributed by atoms with E-state index < -0.39 is 5.54 Å². The monoisotopic (exact) mass is 305 g/mol. The minimum atomic E-state index is -0.891. The summed E-state index contributed by atoms with van der Waals surface area (Å²) in [6.45, 7) is 5.51. The second-order valence-corrected chi connectivity index (χ2v) is 6.74. The maximum absolute atomic E-state index is 12.1. The average molecular weight is 305 g/mol. The molecule has 0 aromatic carbocycles. The molecule has 1 fully saturated rings. The molecule has 0 atom stereocenters. The van der Waals surface area contributed by atoms with Gasteiger partial charge in [0.05, 0.1) is 11.9 Å². The third kappa shape index (κ3) is 2.11. The Morgan fingerprint density at radius 1 is 1.38 bits per heavy atom. The van der Waals surface area contributed by atoms with E-state index in [0.29, 0.717) is 5.82 Å². The molecule has 0 bridgehead atoms. The molecule has 0 aliphatic carbocycles. The number of thiophene rings is 1. The van der Waals surface area contributed by atoms with Gasteiger partial charge < -0.3 is 10.6 Å². The molecular formula is C13H15N5O2S. The Labute approximate surface area is 125 Å². The van der Waals surface area contributed by atoms with Gasteiger partial charge in [0.15, 0.2) is 0 Å². The van der Waals surface area contributed by atoms with Crippen LogP contribution in [0.4, 0.5) is 11.8 Å². The molecule has 1 saturated heterocycles. The smallest absolute Gasteiger partial charge is 0.251 e. The molecule has 0 spiro atoms. The number of aryl methyl sites for hydroxylation is 1. The predicted octanol–water partition coefficient (Wildman–Crippen LogP) is 0.823. The van der Waals surface area contributed by atoms with Gasteiger partial charge in [-0.3, -0.25) is 14.9 Å². The van der Waals surface area contributed by atoms with Crippen LogP contribution < -0.4 is 16.0 Å². The van der Waals surface area contributed by atoms with Gasteiger partial charge in [0.2, 0.25) is 11.9 Å². The highest BCUT2D eigenvalue weighted by atomic mass is 32.1. The van der Waals surface area contributed by atoms with Crippen molar-refractivity contribution < 1.29 is 9.59 Å². The Morgan fingerprint density at radius 3 is 2.81 bits per heavy atom. The van der Waals surface area contributed by atoms with E-state index in [4.69, 9.17) is 5.73 Å². The van der Waals surface area contributed by atoms with Gasteiger partial charge in [0.1, 0.15) is 16.2 Å². The van der Waals surface area contributed by atoms with Gasteiger partial charge >= 0.3 is 0 Å². The Balaban J connectivity index is 2.22. The molecule has 8 heteroatoms. The molecule has 2 amide bonds. The van der Waals surface area contributed by atoms with Crippen molar-refractivity contribution in [1.82, 2.24) is 15.3 Å².